The molecule has 0 atom stereocenters. The van der Waals surface area contributed by atoms with Gasteiger partial charge in [-0.3, -0.25) is 4.79 Å². The fourth-order valence-corrected chi connectivity index (χ4v) is 1.91. The van der Waals surface area contributed by atoms with E-state index in [-0.39, 0.29) is 11.6 Å². The molecule has 1 nitrogen and oxygen atoms in total. The molecule has 0 saturated heterocycles. The third kappa shape index (κ3) is 3.64. The highest BCUT2D eigenvalue weighted by atomic mass is 19.1. The fraction of sp³-hybridized carbons (Fsp3) is 0.167. The highest BCUT2D eigenvalue weighted by molar-refractivity contribution is 6.06. The van der Waals surface area contributed by atoms with E-state index in [0.717, 1.165) is 0 Å². The number of carbonyl (C=O) groups excluding carboxylic acids is 1. The minimum Gasteiger partial charge on any atom is -0.289 e. The molecule has 102 valence electrons. The van der Waals surface area contributed by atoms with Crippen LogP contribution in [0.15, 0.2) is 54.6 Å². The highest BCUT2D eigenvalue weighted by Crippen LogP contribution is 2.15. The van der Waals surface area contributed by atoms with Gasteiger partial charge < -0.3 is 0 Å². The number of benzene rings is 2. The summed E-state index contributed by atoms with van der Waals surface area (Å²) in [6.07, 6.45) is 3.10. The Balaban J connectivity index is 2.11. The maximum atomic E-state index is 13.0. The molecule has 0 unspecified atom stereocenters. The standard InChI is InChI=1S/C18H17FO/c1-13(2)15-7-9-16(10-8-15)18(20)11-6-14-4-3-5-17(19)12-14/h3-13H,1-2H3/b11-6+. The van der Waals surface area contributed by atoms with Gasteiger partial charge in [0.25, 0.3) is 0 Å². The minimum atomic E-state index is -0.305. The van der Waals surface area contributed by atoms with Crippen LogP contribution >= 0.6 is 0 Å². The second kappa shape index (κ2) is 6.29. The molecular formula is C18H17FO. The van der Waals surface area contributed by atoms with Crippen molar-refractivity contribution < 1.29 is 9.18 Å². The van der Waals surface area contributed by atoms with Gasteiger partial charge in [-0.05, 0) is 35.3 Å². The van der Waals surface area contributed by atoms with E-state index in [0.29, 0.717) is 17.0 Å². The van der Waals surface area contributed by atoms with E-state index in [9.17, 15) is 9.18 Å². The number of ketones is 1. The Kier molecular flexibility index (Phi) is 4.46. The van der Waals surface area contributed by atoms with Crippen LogP contribution < -0.4 is 0 Å². The maximum Gasteiger partial charge on any atom is 0.185 e. The van der Waals surface area contributed by atoms with Gasteiger partial charge in [0.1, 0.15) is 5.82 Å². The molecule has 0 N–H and O–H groups in total. The second-order valence-corrected chi connectivity index (χ2v) is 5.03. The molecule has 0 fully saturated rings. The van der Waals surface area contributed by atoms with Crippen LogP contribution in [0, 0.1) is 5.82 Å². The molecule has 0 radical (unpaired) electrons. The Labute approximate surface area is 118 Å². The number of carbonyl (C=O) groups is 1. The maximum absolute atomic E-state index is 13.0. The summed E-state index contributed by atoms with van der Waals surface area (Å²) in [6, 6.07) is 13.7. The molecule has 2 aromatic carbocycles. The molecule has 0 aliphatic rings. The fourth-order valence-electron chi connectivity index (χ4n) is 1.91. The van der Waals surface area contributed by atoms with Crippen LogP contribution in [0.25, 0.3) is 6.08 Å². The molecule has 0 aliphatic heterocycles. The smallest absolute Gasteiger partial charge is 0.185 e. The van der Waals surface area contributed by atoms with Gasteiger partial charge in [0, 0.05) is 5.56 Å². The van der Waals surface area contributed by atoms with E-state index >= 15 is 0 Å². The minimum absolute atomic E-state index is 0.0791. The van der Waals surface area contributed by atoms with E-state index in [1.165, 1.54) is 23.8 Å². The van der Waals surface area contributed by atoms with E-state index < -0.39 is 0 Å². The summed E-state index contributed by atoms with van der Waals surface area (Å²) in [4.78, 5) is 12.0. The first-order valence-corrected chi connectivity index (χ1v) is 6.64. The van der Waals surface area contributed by atoms with Crippen LogP contribution in [0.4, 0.5) is 4.39 Å². The summed E-state index contributed by atoms with van der Waals surface area (Å²) < 4.78 is 13.0. The zero-order valence-electron chi connectivity index (χ0n) is 11.6. The molecule has 0 aromatic heterocycles. The average Bonchev–Trinajstić information content (AvgIpc) is 2.45. The summed E-state index contributed by atoms with van der Waals surface area (Å²) in [5, 5.41) is 0. The van der Waals surface area contributed by atoms with Crippen molar-refractivity contribution >= 4 is 11.9 Å². The summed E-state index contributed by atoms with van der Waals surface area (Å²) in [7, 11) is 0. The summed E-state index contributed by atoms with van der Waals surface area (Å²) >= 11 is 0. The molecule has 20 heavy (non-hydrogen) atoms. The highest BCUT2D eigenvalue weighted by Gasteiger charge is 2.03. The van der Waals surface area contributed by atoms with Gasteiger partial charge in [-0.2, -0.15) is 0 Å². The van der Waals surface area contributed by atoms with Crippen molar-refractivity contribution in [3.8, 4) is 0 Å². The molecule has 0 spiro atoms. The Morgan fingerprint density at radius 2 is 1.80 bits per heavy atom. The third-order valence-corrected chi connectivity index (χ3v) is 3.14. The molecule has 0 heterocycles. The lowest BCUT2D eigenvalue weighted by molar-refractivity contribution is 0.104. The number of hydrogen-bond acceptors (Lipinski definition) is 1. The SMILES string of the molecule is CC(C)c1ccc(C(=O)/C=C/c2cccc(F)c2)cc1. The molecule has 0 saturated carbocycles. The molecule has 0 amide bonds. The van der Waals surface area contributed by atoms with Gasteiger partial charge >= 0.3 is 0 Å². The van der Waals surface area contributed by atoms with Crippen LogP contribution in [0.1, 0.15) is 41.3 Å². The molecule has 2 rings (SSSR count). The summed E-state index contributed by atoms with van der Waals surface area (Å²) in [5.41, 5.74) is 2.52. The van der Waals surface area contributed by atoms with Gasteiger partial charge in [-0.1, -0.05) is 56.3 Å². The normalized spacial score (nSPS) is 11.2. The molecular weight excluding hydrogens is 251 g/mol. The third-order valence-electron chi connectivity index (χ3n) is 3.14. The molecule has 0 bridgehead atoms. The number of halogens is 1. The number of hydrogen-bond donors (Lipinski definition) is 0. The van der Waals surface area contributed by atoms with Crippen molar-refractivity contribution in [2.75, 3.05) is 0 Å². The Morgan fingerprint density at radius 1 is 1.10 bits per heavy atom. The van der Waals surface area contributed by atoms with Gasteiger partial charge in [-0.15, -0.1) is 0 Å². The quantitative estimate of drug-likeness (QED) is 0.572. The molecule has 0 aliphatic carbocycles. The van der Waals surface area contributed by atoms with Crippen LogP contribution in [-0.4, -0.2) is 5.78 Å². The Hall–Kier alpha value is -2.22. The number of allylic oxidation sites excluding steroid dienone is 1. The number of rotatable bonds is 4. The van der Waals surface area contributed by atoms with Gasteiger partial charge in [0.05, 0.1) is 0 Å². The molecule has 2 heteroatoms. The van der Waals surface area contributed by atoms with Gasteiger partial charge in [0.2, 0.25) is 0 Å². The van der Waals surface area contributed by atoms with Gasteiger partial charge in [-0.25, -0.2) is 4.39 Å². The first-order valence-electron chi connectivity index (χ1n) is 6.64. The van der Waals surface area contributed by atoms with E-state index in [4.69, 9.17) is 0 Å². The van der Waals surface area contributed by atoms with Crippen molar-refractivity contribution in [3.05, 3.63) is 77.1 Å². The Bertz CT molecular complexity index is 624. The zero-order chi connectivity index (χ0) is 14.5. The van der Waals surface area contributed by atoms with Crippen LogP contribution in [-0.2, 0) is 0 Å². The predicted octanol–water partition coefficient (Wildman–Crippen LogP) is 4.85. The Morgan fingerprint density at radius 3 is 2.40 bits per heavy atom. The van der Waals surface area contributed by atoms with Crippen molar-refractivity contribution in [2.24, 2.45) is 0 Å². The van der Waals surface area contributed by atoms with Crippen molar-refractivity contribution in [1.29, 1.82) is 0 Å². The topological polar surface area (TPSA) is 17.1 Å². The first kappa shape index (κ1) is 14.2. The largest absolute Gasteiger partial charge is 0.289 e. The van der Waals surface area contributed by atoms with Crippen molar-refractivity contribution in [3.63, 3.8) is 0 Å². The summed E-state index contributed by atoms with van der Waals surface area (Å²) in [5.74, 6) is 0.0624. The van der Waals surface area contributed by atoms with E-state index in [1.54, 1.807) is 18.2 Å². The molecule has 2 aromatic rings. The average molecular weight is 268 g/mol. The first-order chi connectivity index (χ1) is 9.56. The van der Waals surface area contributed by atoms with Crippen LogP contribution in [0.2, 0.25) is 0 Å². The lowest BCUT2D eigenvalue weighted by atomic mass is 10.0. The van der Waals surface area contributed by atoms with E-state index in [1.807, 2.05) is 24.3 Å². The lowest BCUT2D eigenvalue weighted by Gasteiger charge is -2.05. The van der Waals surface area contributed by atoms with Gasteiger partial charge in [0.15, 0.2) is 5.78 Å². The monoisotopic (exact) mass is 268 g/mol. The lowest BCUT2D eigenvalue weighted by Crippen LogP contribution is -1.95. The van der Waals surface area contributed by atoms with Crippen LogP contribution in [0.3, 0.4) is 0 Å². The summed E-state index contributed by atoms with van der Waals surface area (Å²) in [6.45, 7) is 4.22. The van der Waals surface area contributed by atoms with Crippen LogP contribution in [0.5, 0.6) is 0 Å². The predicted molar refractivity (Wildman–Crippen MR) is 80.3 cm³/mol. The van der Waals surface area contributed by atoms with Crippen molar-refractivity contribution in [2.45, 2.75) is 19.8 Å². The second-order valence-electron chi connectivity index (χ2n) is 5.03. The van der Waals surface area contributed by atoms with Crippen molar-refractivity contribution in [1.82, 2.24) is 0 Å². The van der Waals surface area contributed by atoms with E-state index in [2.05, 4.69) is 13.8 Å². The zero-order valence-corrected chi connectivity index (χ0v) is 11.6.